The normalized spacial score (nSPS) is 16.4. The molecule has 7 aromatic carbocycles. The topological polar surface area (TPSA) is 17.8 Å². The highest BCUT2D eigenvalue weighted by Gasteiger charge is 2.26. The van der Waals surface area contributed by atoms with Crippen molar-refractivity contribution in [2.45, 2.75) is 12.8 Å². The number of fused-ring (bicyclic) bond motifs is 4. The lowest BCUT2D eigenvalue weighted by Crippen LogP contribution is -2.13. The summed E-state index contributed by atoms with van der Waals surface area (Å²) in [7, 11) is 0. The van der Waals surface area contributed by atoms with Crippen LogP contribution in [0.2, 0.25) is 0 Å². The molecule has 0 saturated heterocycles. The van der Waals surface area contributed by atoms with Gasteiger partial charge < -0.3 is 0 Å². The van der Waals surface area contributed by atoms with Crippen molar-refractivity contribution in [2.24, 2.45) is 5.92 Å². The number of allylic oxidation sites excluding steroid dienone is 4. The van der Waals surface area contributed by atoms with Crippen LogP contribution in [0.3, 0.4) is 0 Å². The molecule has 2 heteroatoms. The Morgan fingerprint density at radius 3 is 1.93 bits per heavy atom. The zero-order valence-corrected chi connectivity index (χ0v) is 25.6. The fourth-order valence-corrected chi connectivity index (χ4v) is 7.56. The molecule has 0 fully saturated rings. The van der Waals surface area contributed by atoms with Gasteiger partial charge in [0.25, 0.3) is 0 Å². The van der Waals surface area contributed by atoms with Crippen LogP contribution in [0.4, 0.5) is 0 Å². The number of nitrogens with zero attached hydrogens (tertiary/aromatic N) is 2. The Bertz CT molecular complexity index is 2440. The zero-order chi connectivity index (χ0) is 30.6. The Morgan fingerprint density at radius 1 is 0.565 bits per heavy atom. The first-order chi connectivity index (χ1) is 22.7. The summed E-state index contributed by atoms with van der Waals surface area (Å²) in [5.41, 5.74) is 8.37. The third kappa shape index (κ3) is 4.22. The number of rotatable bonds is 4. The van der Waals surface area contributed by atoms with E-state index < -0.39 is 0 Å². The maximum Gasteiger partial charge on any atom is 0.145 e. The zero-order valence-electron chi connectivity index (χ0n) is 25.6. The van der Waals surface area contributed by atoms with Crippen LogP contribution in [-0.2, 0) is 0 Å². The average molecular weight is 589 g/mol. The van der Waals surface area contributed by atoms with Crippen molar-refractivity contribution in [2.75, 3.05) is 0 Å². The van der Waals surface area contributed by atoms with Crippen molar-refractivity contribution < 1.29 is 0 Å². The summed E-state index contributed by atoms with van der Waals surface area (Å²) in [4.78, 5) is 5.09. The van der Waals surface area contributed by atoms with Crippen LogP contribution in [0.15, 0.2) is 164 Å². The molecule has 9 rings (SSSR count). The Labute approximate surface area is 268 Å². The van der Waals surface area contributed by atoms with Crippen molar-refractivity contribution in [1.29, 1.82) is 0 Å². The molecule has 2 unspecified atom stereocenters. The molecule has 0 bridgehead atoms. The highest BCUT2D eigenvalue weighted by atomic mass is 15.1. The van der Waals surface area contributed by atoms with E-state index in [0.717, 1.165) is 28.1 Å². The summed E-state index contributed by atoms with van der Waals surface area (Å²) in [6, 6.07) is 52.5. The van der Waals surface area contributed by atoms with E-state index in [1.807, 2.05) is 0 Å². The summed E-state index contributed by atoms with van der Waals surface area (Å²) >= 11 is 0. The molecule has 218 valence electrons. The van der Waals surface area contributed by atoms with E-state index in [2.05, 4.69) is 175 Å². The molecule has 0 spiro atoms. The van der Waals surface area contributed by atoms with Gasteiger partial charge in [0, 0.05) is 17.2 Å². The van der Waals surface area contributed by atoms with Gasteiger partial charge >= 0.3 is 0 Å². The van der Waals surface area contributed by atoms with Gasteiger partial charge in [0.1, 0.15) is 5.82 Å². The summed E-state index contributed by atoms with van der Waals surface area (Å²) in [5.74, 6) is 1.46. The third-order valence-corrected chi connectivity index (χ3v) is 9.67. The van der Waals surface area contributed by atoms with E-state index in [0.29, 0.717) is 0 Å². The minimum absolute atomic E-state index is 0.221. The second kappa shape index (κ2) is 10.7. The number of imidazole rings is 1. The molecule has 0 aliphatic heterocycles. The minimum Gasteiger partial charge on any atom is -0.293 e. The highest BCUT2D eigenvalue weighted by Crippen LogP contribution is 2.46. The third-order valence-electron chi connectivity index (χ3n) is 9.67. The molecule has 0 N–H and O–H groups in total. The molecule has 2 atom stereocenters. The van der Waals surface area contributed by atoms with E-state index in [1.165, 1.54) is 49.0 Å². The van der Waals surface area contributed by atoms with E-state index in [1.54, 1.807) is 0 Å². The Kier molecular flexibility index (Phi) is 6.21. The Balaban J connectivity index is 1.22. The Hall–Kier alpha value is -5.73. The van der Waals surface area contributed by atoms with Gasteiger partial charge in [-0.1, -0.05) is 146 Å². The average Bonchev–Trinajstić information content (AvgIpc) is 3.51. The molecule has 1 aromatic heterocycles. The maximum atomic E-state index is 5.09. The fraction of sp³-hybridized carbons (Fsp3) is 0.0682. The maximum absolute atomic E-state index is 5.09. The van der Waals surface area contributed by atoms with Crippen molar-refractivity contribution in [3.05, 3.63) is 169 Å². The lowest BCUT2D eigenvalue weighted by atomic mass is 9.77. The molecule has 1 heterocycles. The van der Waals surface area contributed by atoms with Crippen LogP contribution in [-0.4, -0.2) is 9.55 Å². The largest absolute Gasteiger partial charge is 0.293 e. The molecule has 0 amide bonds. The number of hydrogen-bond acceptors (Lipinski definition) is 1. The Morgan fingerprint density at radius 2 is 1.20 bits per heavy atom. The standard InChI is InChI=1S/C44H32N2/c1-29-27-34(46-41-22-12-11-21-40(41)45-44(46)31-14-3-2-4-15-31)25-26-35(29)43-38-19-9-7-17-36(38)42(37-18-8-10-20-39(37)43)33-24-23-30-13-5-6-16-32(30)28-33/h2-29,35H,1H3. The van der Waals surface area contributed by atoms with Gasteiger partial charge in [-0.05, 0) is 79.2 Å². The van der Waals surface area contributed by atoms with Crippen molar-refractivity contribution in [1.82, 2.24) is 9.55 Å². The van der Waals surface area contributed by atoms with Crippen LogP contribution in [0.25, 0.3) is 71.6 Å². The number of hydrogen-bond donors (Lipinski definition) is 0. The summed E-state index contributed by atoms with van der Waals surface area (Å²) in [6.07, 6.45) is 7.17. The van der Waals surface area contributed by atoms with E-state index >= 15 is 0 Å². The van der Waals surface area contributed by atoms with Gasteiger partial charge in [0.05, 0.1) is 11.0 Å². The number of benzene rings is 7. The minimum atomic E-state index is 0.221. The van der Waals surface area contributed by atoms with Crippen molar-refractivity contribution in [3.63, 3.8) is 0 Å². The SMILES string of the molecule is CC1C=C(n2c(-c3ccccc3)nc3ccccc32)C=CC1c1c2ccccc2c(-c2ccc3ccccc3c2)c2ccccc12. The van der Waals surface area contributed by atoms with Gasteiger partial charge in [0.2, 0.25) is 0 Å². The molecule has 1 aliphatic carbocycles. The van der Waals surface area contributed by atoms with Gasteiger partial charge in [-0.3, -0.25) is 4.57 Å². The molecule has 0 radical (unpaired) electrons. The molecule has 46 heavy (non-hydrogen) atoms. The van der Waals surface area contributed by atoms with Crippen molar-refractivity contribution in [3.8, 4) is 22.5 Å². The highest BCUT2D eigenvalue weighted by molar-refractivity contribution is 6.16. The predicted molar refractivity (Wildman–Crippen MR) is 195 cm³/mol. The lowest BCUT2D eigenvalue weighted by Gasteiger charge is -2.28. The first-order valence-corrected chi connectivity index (χ1v) is 16.1. The van der Waals surface area contributed by atoms with E-state index in [9.17, 15) is 0 Å². The van der Waals surface area contributed by atoms with E-state index in [-0.39, 0.29) is 11.8 Å². The molecule has 1 aliphatic rings. The van der Waals surface area contributed by atoms with Crippen LogP contribution >= 0.6 is 0 Å². The van der Waals surface area contributed by atoms with E-state index in [4.69, 9.17) is 4.98 Å². The summed E-state index contributed by atoms with van der Waals surface area (Å²) in [6.45, 7) is 2.36. The van der Waals surface area contributed by atoms with Gasteiger partial charge in [-0.25, -0.2) is 4.98 Å². The molecular formula is C44H32N2. The monoisotopic (exact) mass is 588 g/mol. The molecule has 2 nitrogen and oxygen atoms in total. The smallest absolute Gasteiger partial charge is 0.145 e. The number of para-hydroxylation sites is 2. The fourth-order valence-electron chi connectivity index (χ4n) is 7.56. The van der Waals surface area contributed by atoms with Crippen LogP contribution in [0, 0.1) is 5.92 Å². The first-order valence-electron chi connectivity index (χ1n) is 16.1. The molecular weight excluding hydrogens is 556 g/mol. The van der Waals surface area contributed by atoms with Crippen LogP contribution < -0.4 is 0 Å². The van der Waals surface area contributed by atoms with Gasteiger partial charge in [-0.15, -0.1) is 0 Å². The number of aromatic nitrogens is 2. The quantitative estimate of drug-likeness (QED) is 0.187. The van der Waals surface area contributed by atoms with Gasteiger partial charge in [-0.2, -0.15) is 0 Å². The van der Waals surface area contributed by atoms with Crippen molar-refractivity contribution >= 4 is 49.0 Å². The summed E-state index contributed by atoms with van der Waals surface area (Å²) in [5, 5.41) is 7.77. The second-order valence-electron chi connectivity index (χ2n) is 12.4. The van der Waals surface area contributed by atoms with Crippen LogP contribution in [0.5, 0.6) is 0 Å². The second-order valence-corrected chi connectivity index (χ2v) is 12.4. The van der Waals surface area contributed by atoms with Gasteiger partial charge in [0.15, 0.2) is 0 Å². The molecule has 8 aromatic rings. The first kappa shape index (κ1) is 26.7. The van der Waals surface area contributed by atoms with Crippen LogP contribution in [0.1, 0.15) is 18.4 Å². The molecule has 0 saturated carbocycles. The predicted octanol–water partition coefficient (Wildman–Crippen LogP) is 11.7. The lowest BCUT2D eigenvalue weighted by molar-refractivity contribution is 0.642. The summed E-state index contributed by atoms with van der Waals surface area (Å²) < 4.78 is 2.33.